The van der Waals surface area contributed by atoms with Crippen molar-refractivity contribution in [2.75, 3.05) is 13.2 Å². The molecule has 1 aliphatic heterocycles. The topological polar surface area (TPSA) is 59.2 Å². The summed E-state index contributed by atoms with van der Waals surface area (Å²) in [6, 6.07) is 5.55. The van der Waals surface area contributed by atoms with Crippen LogP contribution in [0.3, 0.4) is 0 Å². The van der Waals surface area contributed by atoms with E-state index in [1.807, 2.05) is 0 Å². The standard InChI is InChI=1S/C18H17ClFNO3/c19-13-2-1-3-14(20)17(13)18(23)12-9-15(21-10-12)16(22)8-11-4-6-24-7-5-11/h1-3,9-11,21H,4-8H2. The van der Waals surface area contributed by atoms with Crippen LogP contribution in [-0.2, 0) is 4.74 Å². The van der Waals surface area contributed by atoms with Crippen LogP contribution >= 0.6 is 11.6 Å². The maximum atomic E-state index is 13.9. The van der Waals surface area contributed by atoms with Crippen LogP contribution < -0.4 is 0 Å². The predicted molar refractivity (Wildman–Crippen MR) is 88.1 cm³/mol. The zero-order valence-corrected chi connectivity index (χ0v) is 13.7. The van der Waals surface area contributed by atoms with Gasteiger partial charge in [-0.3, -0.25) is 9.59 Å². The van der Waals surface area contributed by atoms with Crippen LogP contribution in [0.15, 0.2) is 30.5 Å². The number of H-pyrrole nitrogens is 1. The second-order valence-corrected chi connectivity index (χ2v) is 6.32. The number of nitrogens with one attached hydrogen (secondary N) is 1. The molecule has 0 unspecified atom stereocenters. The first kappa shape index (κ1) is 16.9. The lowest BCUT2D eigenvalue weighted by Crippen LogP contribution is -2.18. The molecular formula is C18H17ClFNO3. The van der Waals surface area contributed by atoms with Crippen LogP contribution in [-0.4, -0.2) is 29.8 Å². The molecule has 4 nitrogen and oxygen atoms in total. The highest BCUT2D eigenvalue weighted by Crippen LogP contribution is 2.24. The summed E-state index contributed by atoms with van der Waals surface area (Å²) in [4.78, 5) is 27.6. The lowest BCUT2D eigenvalue weighted by Gasteiger charge is -2.20. The molecular weight excluding hydrogens is 333 g/mol. The molecule has 0 radical (unpaired) electrons. The summed E-state index contributed by atoms with van der Waals surface area (Å²) < 4.78 is 19.1. The molecule has 3 rings (SSSR count). The fraction of sp³-hybridized carbons (Fsp3) is 0.333. The number of rotatable bonds is 5. The van der Waals surface area contributed by atoms with E-state index in [0.29, 0.717) is 31.2 Å². The number of ether oxygens (including phenoxy) is 1. The van der Waals surface area contributed by atoms with Crippen molar-refractivity contribution in [2.45, 2.75) is 19.3 Å². The Kier molecular flexibility index (Phi) is 5.11. The molecule has 1 fully saturated rings. The number of halogens is 2. The molecule has 1 N–H and O–H groups in total. The van der Waals surface area contributed by atoms with Crippen LogP contribution in [0.2, 0.25) is 5.02 Å². The monoisotopic (exact) mass is 349 g/mol. The van der Waals surface area contributed by atoms with Gasteiger partial charge >= 0.3 is 0 Å². The molecule has 2 heterocycles. The minimum Gasteiger partial charge on any atom is -0.381 e. The number of benzene rings is 1. The van der Waals surface area contributed by atoms with Gasteiger partial charge in [0, 0.05) is 31.4 Å². The summed E-state index contributed by atoms with van der Waals surface area (Å²) in [5, 5.41) is 0.0521. The zero-order chi connectivity index (χ0) is 17.1. The van der Waals surface area contributed by atoms with Gasteiger partial charge in [-0.15, -0.1) is 0 Å². The third-order valence-electron chi connectivity index (χ3n) is 4.25. The van der Waals surface area contributed by atoms with Gasteiger partial charge in [-0.1, -0.05) is 17.7 Å². The number of hydrogen-bond donors (Lipinski definition) is 1. The van der Waals surface area contributed by atoms with E-state index in [-0.39, 0.29) is 21.9 Å². The summed E-state index contributed by atoms with van der Waals surface area (Å²) in [5.41, 5.74) is 0.399. The highest BCUT2D eigenvalue weighted by molar-refractivity contribution is 6.35. The van der Waals surface area contributed by atoms with E-state index in [1.54, 1.807) is 0 Å². The highest BCUT2D eigenvalue weighted by Gasteiger charge is 2.22. The van der Waals surface area contributed by atoms with E-state index in [1.165, 1.54) is 30.5 Å². The molecule has 0 amide bonds. The summed E-state index contributed by atoms with van der Waals surface area (Å²) in [7, 11) is 0. The molecule has 0 spiro atoms. The van der Waals surface area contributed by atoms with E-state index < -0.39 is 11.6 Å². The number of carbonyl (C=O) groups excluding carboxylic acids is 2. The maximum Gasteiger partial charge on any atom is 0.199 e. The summed E-state index contributed by atoms with van der Waals surface area (Å²) in [6.45, 7) is 1.36. The molecule has 0 saturated carbocycles. The first-order valence-electron chi connectivity index (χ1n) is 7.84. The van der Waals surface area contributed by atoms with Crippen molar-refractivity contribution in [3.05, 3.63) is 58.1 Å². The second kappa shape index (κ2) is 7.28. The van der Waals surface area contributed by atoms with E-state index >= 15 is 0 Å². The summed E-state index contributed by atoms with van der Waals surface area (Å²) in [5.74, 6) is -0.974. The van der Waals surface area contributed by atoms with Gasteiger partial charge in [0.2, 0.25) is 0 Å². The smallest absolute Gasteiger partial charge is 0.199 e. The normalized spacial score (nSPS) is 15.4. The van der Waals surface area contributed by atoms with E-state index in [4.69, 9.17) is 16.3 Å². The quantitative estimate of drug-likeness (QED) is 0.829. The molecule has 0 aliphatic carbocycles. The van der Waals surface area contributed by atoms with Gasteiger partial charge < -0.3 is 9.72 Å². The van der Waals surface area contributed by atoms with Gasteiger partial charge in [-0.2, -0.15) is 0 Å². The molecule has 1 aromatic heterocycles. The van der Waals surface area contributed by atoms with Crippen LogP contribution in [0.1, 0.15) is 45.7 Å². The molecule has 6 heteroatoms. The number of ketones is 2. The van der Waals surface area contributed by atoms with Crippen molar-refractivity contribution in [2.24, 2.45) is 5.92 Å². The lowest BCUT2D eigenvalue weighted by molar-refractivity contribution is 0.0599. The Morgan fingerprint density at radius 2 is 2.04 bits per heavy atom. The first-order chi connectivity index (χ1) is 11.6. The molecule has 24 heavy (non-hydrogen) atoms. The van der Waals surface area contributed by atoms with E-state index in [2.05, 4.69) is 4.98 Å². The van der Waals surface area contributed by atoms with Crippen molar-refractivity contribution in [1.29, 1.82) is 0 Å². The van der Waals surface area contributed by atoms with Gasteiger partial charge in [0.1, 0.15) is 5.82 Å². The minimum atomic E-state index is -0.677. The summed E-state index contributed by atoms with van der Waals surface area (Å²) in [6.07, 6.45) is 3.56. The Labute approximate surface area is 144 Å². The Hall–Kier alpha value is -1.98. The second-order valence-electron chi connectivity index (χ2n) is 5.91. The molecule has 0 bridgehead atoms. The van der Waals surface area contributed by atoms with Crippen molar-refractivity contribution in [3.8, 4) is 0 Å². The maximum absolute atomic E-state index is 13.9. The van der Waals surface area contributed by atoms with Crippen molar-refractivity contribution < 1.29 is 18.7 Å². The predicted octanol–water partition coefficient (Wildman–Crippen LogP) is 4.04. The number of Topliss-reactive ketones (excluding diaryl/α,β-unsaturated/α-hetero) is 1. The van der Waals surface area contributed by atoms with Crippen molar-refractivity contribution >= 4 is 23.2 Å². The number of hydrogen-bond acceptors (Lipinski definition) is 3. The Morgan fingerprint density at radius 1 is 1.29 bits per heavy atom. The molecule has 2 aromatic rings. The minimum absolute atomic E-state index is 0.0521. The Balaban J connectivity index is 1.75. The van der Waals surface area contributed by atoms with Crippen LogP contribution in [0.5, 0.6) is 0 Å². The van der Waals surface area contributed by atoms with Gasteiger partial charge in [0.25, 0.3) is 0 Å². The third kappa shape index (κ3) is 3.57. The van der Waals surface area contributed by atoms with Crippen LogP contribution in [0, 0.1) is 11.7 Å². The fourth-order valence-electron chi connectivity index (χ4n) is 2.87. The molecule has 0 atom stereocenters. The van der Waals surface area contributed by atoms with E-state index in [0.717, 1.165) is 12.8 Å². The van der Waals surface area contributed by atoms with Gasteiger partial charge in [-0.05, 0) is 37.0 Å². The molecule has 126 valence electrons. The van der Waals surface area contributed by atoms with Crippen molar-refractivity contribution in [1.82, 2.24) is 4.98 Å². The SMILES string of the molecule is O=C(CC1CCOCC1)c1cc(C(=O)c2c(F)cccc2Cl)c[nH]1. The van der Waals surface area contributed by atoms with Gasteiger partial charge in [0.15, 0.2) is 11.6 Å². The van der Waals surface area contributed by atoms with Crippen LogP contribution in [0.4, 0.5) is 4.39 Å². The van der Waals surface area contributed by atoms with Crippen LogP contribution in [0.25, 0.3) is 0 Å². The third-order valence-corrected chi connectivity index (χ3v) is 4.57. The number of carbonyl (C=O) groups is 2. The Morgan fingerprint density at radius 3 is 2.75 bits per heavy atom. The average molecular weight is 350 g/mol. The first-order valence-corrected chi connectivity index (χ1v) is 8.22. The van der Waals surface area contributed by atoms with Gasteiger partial charge in [-0.25, -0.2) is 4.39 Å². The molecule has 1 saturated heterocycles. The molecule has 1 aromatic carbocycles. The summed E-state index contributed by atoms with van der Waals surface area (Å²) >= 11 is 5.92. The van der Waals surface area contributed by atoms with E-state index in [9.17, 15) is 14.0 Å². The zero-order valence-electron chi connectivity index (χ0n) is 13.0. The van der Waals surface area contributed by atoms with Gasteiger partial charge in [0.05, 0.1) is 16.3 Å². The molecule has 1 aliphatic rings. The number of aromatic nitrogens is 1. The number of aromatic amines is 1. The average Bonchev–Trinajstić information content (AvgIpc) is 3.05. The largest absolute Gasteiger partial charge is 0.381 e. The van der Waals surface area contributed by atoms with Crippen molar-refractivity contribution in [3.63, 3.8) is 0 Å². The highest BCUT2D eigenvalue weighted by atomic mass is 35.5. The lowest BCUT2D eigenvalue weighted by atomic mass is 9.93. The fourth-order valence-corrected chi connectivity index (χ4v) is 3.12. The Bertz CT molecular complexity index is 745.